The highest BCUT2D eigenvalue weighted by molar-refractivity contribution is 8.03. The van der Waals surface area contributed by atoms with E-state index in [9.17, 15) is 0 Å². The average molecular weight is 170 g/mol. The van der Waals surface area contributed by atoms with Crippen LogP contribution in [-0.2, 0) is 4.74 Å². The van der Waals surface area contributed by atoms with Crippen molar-refractivity contribution < 1.29 is 4.74 Å². The minimum absolute atomic E-state index is 0.178. The first-order valence-electron chi connectivity index (χ1n) is 3.47. The summed E-state index contributed by atoms with van der Waals surface area (Å²) < 4.78 is 5.25. The topological polar surface area (TPSA) is 59.0 Å². The van der Waals surface area contributed by atoms with Crippen molar-refractivity contribution in [2.24, 2.45) is 5.73 Å². The van der Waals surface area contributed by atoms with E-state index in [0.717, 1.165) is 12.2 Å². The van der Waals surface area contributed by atoms with Crippen LogP contribution in [0.1, 0.15) is 13.3 Å². The molecule has 0 bridgehead atoms. The van der Waals surface area contributed by atoms with Crippen molar-refractivity contribution in [1.29, 1.82) is 5.26 Å². The van der Waals surface area contributed by atoms with Crippen LogP contribution in [0.2, 0.25) is 0 Å². The van der Waals surface area contributed by atoms with Crippen molar-refractivity contribution in [2.45, 2.75) is 19.4 Å². The van der Waals surface area contributed by atoms with Crippen molar-refractivity contribution in [2.75, 3.05) is 5.75 Å². The van der Waals surface area contributed by atoms with Gasteiger partial charge >= 0.3 is 0 Å². The first-order valence-corrected chi connectivity index (χ1v) is 4.45. The molecule has 60 valence electrons. The van der Waals surface area contributed by atoms with Gasteiger partial charge in [0.05, 0.1) is 0 Å². The normalized spacial score (nSPS) is 24.2. The molecule has 1 aliphatic rings. The van der Waals surface area contributed by atoms with E-state index >= 15 is 0 Å². The van der Waals surface area contributed by atoms with Crippen molar-refractivity contribution in [3.05, 3.63) is 10.8 Å². The lowest BCUT2D eigenvalue weighted by molar-refractivity contribution is 0.126. The molecule has 0 aromatic rings. The lowest BCUT2D eigenvalue weighted by Crippen LogP contribution is -2.23. The summed E-state index contributed by atoms with van der Waals surface area (Å²) in [6.45, 7) is 2.04. The SMILES string of the molecule is CCC1CSC(C#N)=C(N)O1. The zero-order valence-corrected chi connectivity index (χ0v) is 7.15. The predicted octanol–water partition coefficient (Wildman–Crippen LogP) is 1.18. The Balaban J connectivity index is 2.65. The molecule has 0 saturated carbocycles. The first kappa shape index (κ1) is 8.28. The number of hydrogen-bond acceptors (Lipinski definition) is 4. The summed E-state index contributed by atoms with van der Waals surface area (Å²) in [6.07, 6.45) is 1.11. The van der Waals surface area contributed by atoms with Crippen LogP contribution in [0.3, 0.4) is 0 Å². The second-order valence-corrected chi connectivity index (χ2v) is 3.29. The van der Waals surface area contributed by atoms with Crippen molar-refractivity contribution in [3.8, 4) is 6.07 Å². The zero-order valence-electron chi connectivity index (χ0n) is 6.33. The van der Waals surface area contributed by atoms with Crippen LogP contribution in [0.5, 0.6) is 0 Å². The molecule has 11 heavy (non-hydrogen) atoms. The number of thioether (sulfide) groups is 1. The van der Waals surface area contributed by atoms with Crippen LogP contribution in [0, 0.1) is 11.3 Å². The van der Waals surface area contributed by atoms with E-state index < -0.39 is 0 Å². The fraction of sp³-hybridized carbons (Fsp3) is 0.571. The smallest absolute Gasteiger partial charge is 0.209 e. The molecule has 3 nitrogen and oxygen atoms in total. The van der Waals surface area contributed by atoms with Crippen molar-refractivity contribution in [3.63, 3.8) is 0 Å². The maximum Gasteiger partial charge on any atom is 0.209 e. The quantitative estimate of drug-likeness (QED) is 0.642. The minimum Gasteiger partial charge on any atom is -0.474 e. The number of nitrogens with two attached hydrogens (primary N) is 1. The number of rotatable bonds is 1. The average Bonchev–Trinajstić information content (AvgIpc) is 2.04. The van der Waals surface area contributed by atoms with Gasteiger partial charge in [-0.2, -0.15) is 5.26 Å². The van der Waals surface area contributed by atoms with Crippen LogP contribution in [0.15, 0.2) is 10.8 Å². The molecule has 0 aromatic heterocycles. The van der Waals surface area contributed by atoms with Gasteiger partial charge in [0.2, 0.25) is 5.88 Å². The van der Waals surface area contributed by atoms with Gasteiger partial charge in [-0.1, -0.05) is 6.92 Å². The third-order valence-corrected chi connectivity index (χ3v) is 2.61. The van der Waals surface area contributed by atoms with Gasteiger partial charge < -0.3 is 10.5 Å². The lowest BCUT2D eigenvalue weighted by atomic mass is 10.3. The molecule has 0 aromatic carbocycles. The molecule has 1 aliphatic heterocycles. The maximum atomic E-state index is 8.53. The van der Waals surface area contributed by atoms with Crippen LogP contribution >= 0.6 is 11.8 Å². The first-order chi connectivity index (χ1) is 5.27. The Morgan fingerprint density at radius 1 is 1.91 bits per heavy atom. The number of ether oxygens (including phenoxy) is 1. The van der Waals surface area contributed by atoms with Gasteiger partial charge in [-0.3, -0.25) is 0 Å². The van der Waals surface area contributed by atoms with E-state index in [1.165, 1.54) is 11.8 Å². The van der Waals surface area contributed by atoms with E-state index in [4.69, 9.17) is 15.7 Å². The Morgan fingerprint density at radius 2 is 2.64 bits per heavy atom. The van der Waals surface area contributed by atoms with Crippen LogP contribution in [0.4, 0.5) is 0 Å². The molecule has 0 aliphatic carbocycles. The highest BCUT2D eigenvalue weighted by atomic mass is 32.2. The summed E-state index contributed by atoms with van der Waals surface area (Å²) >= 11 is 1.47. The van der Waals surface area contributed by atoms with Crippen LogP contribution < -0.4 is 5.73 Å². The van der Waals surface area contributed by atoms with E-state index in [1.54, 1.807) is 0 Å². The van der Waals surface area contributed by atoms with E-state index in [2.05, 4.69) is 0 Å². The highest BCUT2D eigenvalue weighted by Crippen LogP contribution is 2.26. The molecular formula is C7H10N2OS. The van der Waals surface area contributed by atoms with Crippen LogP contribution in [0.25, 0.3) is 0 Å². The fourth-order valence-electron chi connectivity index (χ4n) is 0.803. The highest BCUT2D eigenvalue weighted by Gasteiger charge is 2.19. The zero-order chi connectivity index (χ0) is 8.27. The molecule has 0 fully saturated rings. The molecular weight excluding hydrogens is 160 g/mol. The Morgan fingerprint density at radius 3 is 3.09 bits per heavy atom. The molecule has 1 unspecified atom stereocenters. The Labute approximate surface area is 70.2 Å². The van der Waals surface area contributed by atoms with E-state index in [-0.39, 0.29) is 12.0 Å². The van der Waals surface area contributed by atoms with Gasteiger partial charge in [-0.05, 0) is 6.42 Å². The minimum atomic E-state index is 0.178. The monoisotopic (exact) mass is 170 g/mol. The number of allylic oxidation sites excluding steroid dienone is 1. The molecule has 2 N–H and O–H groups in total. The van der Waals surface area contributed by atoms with Gasteiger partial charge in [0.15, 0.2) is 0 Å². The second-order valence-electron chi connectivity index (χ2n) is 2.26. The van der Waals surface area contributed by atoms with E-state index in [1.807, 2.05) is 13.0 Å². The summed E-state index contributed by atoms with van der Waals surface area (Å²) in [5, 5.41) is 8.53. The third-order valence-electron chi connectivity index (χ3n) is 1.49. The number of nitriles is 1. The summed E-state index contributed by atoms with van der Waals surface area (Å²) in [5.41, 5.74) is 5.47. The van der Waals surface area contributed by atoms with Gasteiger partial charge in [0, 0.05) is 5.75 Å². The largest absolute Gasteiger partial charge is 0.474 e. The lowest BCUT2D eigenvalue weighted by Gasteiger charge is -2.22. The van der Waals surface area contributed by atoms with Gasteiger partial charge in [-0.15, -0.1) is 11.8 Å². The fourth-order valence-corrected chi connectivity index (χ4v) is 1.71. The van der Waals surface area contributed by atoms with Crippen LogP contribution in [-0.4, -0.2) is 11.9 Å². The van der Waals surface area contributed by atoms with Gasteiger partial charge in [0.1, 0.15) is 17.1 Å². The Hall–Kier alpha value is -0.820. The molecule has 0 saturated heterocycles. The molecule has 4 heteroatoms. The Kier molecular flexibility index (Phi) is 2.66. The number of hydrogen-bond donors (Lipinski definition) is 1. The Bertz CT molecular complexity index is 219. The summed E-state index contributed by atoms with van der Waals surface area (Å²) in [5.74, 6) is 1.12. The summed E-state index contributed by atoms with van der Waals surface area (Å²) in [6, 6.07) is 1.99. The van der Waals surface area contributed by atoms with Crippen molar-refractivity contribution >= 4 is 11.8 Å². The molecule has 0 radical (unpaired) electrons. The molecule has 1 atom stereocenters. The predicted molar refractivity (Wildman–Crippen MR) is 44.4 cm³/mol. The second kappa shape index (κ2) is 3.54. The number of nitrogens with zero attached hydrogens (tertiary/aromatic N) is 1. The van der Waals surface area contributed by atoms with Gasteiger partial charge in [-0.25, -0.2) is 0 Å². The molecule has 1 rings (SSSR count). The molecule has 0 spiro atoms. The van der Waals surface area contributed by atoms with Crippen molar-refractivity contribution in [1.82, 2.24) is 0 Å². The summed E-state index contributed by atoms with van der Waals surface area (Å²) in [4.78, 5) is 0.509. The van der Waals surface area contributed by atoms with Gasteiger partial charge in [0.25, 0.3) is 0 Å². The summed E-state index contributed by atoms with van der Waals surface area (Å²) in [7, 11) is 0. The standard InChI is InChI=1S/C7H10N2OS/c1-2-5-4-11-6(3-8)7(9)10-5/h5H,2,4,9H2,1H3. The van der Waals surface area contributed by atoms with E-state index in [0.29, 0.717) is 4.91 Å². The third kappa shape index (κ3) is 1.81. The molecule has 0 amide bonds. The maximum absolute atomic E-state index is 8.53. The molecule has 1 heterocycles.